The van der Waals surface area contributed by atoms with Gasteiger partial charge in [0.25, 0.3) is 0 Å². The Labute approximate surface area is 199 Å². The summed E-state index contributed by atoms with van der Waals surface area (Å²) in [5.41, 5.74) is 6.19. The highest BCUT2D eigenvalue weighted by molar-refractivity contribution is 5.98. The van der Waals surface area contributed by atoms with Crippen molar-refractivity contribution in [3.63, 3.8) is 0 Å². The standard InChI is InChI=1S/C29H41NO3/c1-19(7-5-9-27(30-33-4)22-11-12-22)25-14-15-26-21(8-6-16-29(25,26)3)10-13-23-17-24(31)18-28(32)20(23)2/h5,9-10,13-14,19,22,24,26,28,31-32H,2,6-8,11-12,15-18H2,1,3-4H3/t19-,24+,26-,28-,29+/m0/s1. The van der Waals surface area contributed by atoms with E-state index in [1.165, 1.54) is 31.3 Å². The second kappa shape index (κ2) is 10.1. The van der Waals surface area contributed by atoms with Crippen LogP contribution < -0.4 is 0 Å². The molecule has 0 bridgehead atoms. The Hall–Kier alpha value is -1.91. The quantitative estimate of drug-likeness (QED) is 0.282. The van der Waals surface area contributed by atoms with Crippen molar-refractivity contribution in [2.75, 3.05) is 7.11 Å². The van der Waals surface area contributed by atoms with Crippen LogP contribution in [0.1, 0.15) is 71.6 Å². The van der Waals surface area contributed by atoms with Crippen LogP contribution in [-0.4, -0.2) is 35.2 Å². The maximum absolute atomic E-state index is 10.2. The van der Waals surface area contributed by atoms with Gasteiger partial charge in [-0.05, 0) is 85.8 Å². The van der Waals surface area contributed by atoms with Gasteiger partial charge < -0.3 is 15.1 Å². The molecule has 5 atom stereocenters. The predicted molar refractivity (Wildman–Crippen MR) is 135 cm³/mol. The van der Waals surface area contributed by atoms with Crippen molar-refractivity contribution in [3.05, 3.63) is 59.3 Å². The molecule has 0 aromatic carbocycles. The first kappa shape index (κ1) is 24.2. The third-order valence-corrected chi connectivity index (χ3v) is 8.38. The fourth-order valence-corrected chi connectivity index (χ4v) is 6.33. The van der Waals surface area contributed by atoms with E-state index in [-0.39, 0.29) is 5.41 Å². The number of oxime groups is 1. The molecule has 0 spiro atoms. The lowest BCUT2D eigenvalue weighted by Gasteiger charge is -2.42. The Kier molecular flexibility index (Phi) is 7.45. The first-order valence-corrected chi connectivity index (χ1v) is 12.8. The number of hydrogen-bond donors (Lipinski definition) is 2. The topological polar surface area (TPSA) is 62.0 Å². The molecule has 2 N–H and O–H groups in total. The summed E-state index contributed by atoms with van der Waals surface area (Å²) >= 11 is 0. The minimum atomic E-state index is -0.627. The van der Waals surface area contributed by atoms with Crippen LogP contribution in [0.4, 0.5) is 0 Å². The Morgan fingerprint density at radius 1 is 1.33 bits per heavy atom. The van der Waals surface area contributed by atoms with Crippen molar-refractivity contribution in [3.8, 4) is 0 Å². The van der Waals surface area contributed by atoms with Crippen LogP contribution in [0.15, 0.2) is 64.4 Å². The van der Waals surface area contributed by atoms with Gasteiger partial charge in [-0.15, -0.1) is 0 Å². The van der Waals surface area contributed by atoms with E-state index in [9.17, 15) is 10.2 Å². The van der Waals surface area contributed by atoms with Crippen molar-refractivity contribution < 1.29 is 15.1 Å². The van der Waals surface area contributed by atoms with Crippen LogP contribution in [0.5, 0.6) is 0 Å². The smallest absolute Gasteiger partial charge is 0.106 e. The molecule has 0 aromatic heterocycles. The molecule has 4 aliphatic rings. The average Bonchev–Trinajstić information content (AvgIpc) is 3.55. The molecule has 0 aliphatic heterocycles. The average molecular weight is 452 g/mol. The minimum Gasteiger partial charge on any atom is -0.399 e. The van der Waals surface area contributed by atoms with Crippen LogP contribution in [0.2, 0.25) is 0 Å². The van der Waals surface area contributed by atoms with Gasteiger partial charge in [-0.1, -0.05) is 61.0 Å². The molecule has 0 aromatic rings. The predicted octanol–water partition coefficient (Wildman–Crippen LogP) is 6.04. The molecule has 4 heteroatoms. The fraction of sp³-hybridized carbons (Fsp3) is 0.621. The first-order valence-electron chi connectivity index (χ1n) is 12.8. The summed E-state index contributed by atoms with van der Waals surface area (Å²) in [6.07, 6.45) is 19.4. The molecule has 0 radical (unpaired) electrons. The van der Waals surface area contributed by atoms with Crippen LogP contribution in [0.3, 0.4) is 0 Å². The Balaban J connectivity index is 1.44. The van der Waals surface area contributed by atoms with Gasteiger partial charge in [-0.2, -0.15) is 0 Å². The zero-order valence-electron chi connectivity index (χ0n) is 20.6. The van der Waals surface area contributed by atoms with E-state index in [4.69, 9.17) is 4.84 Å². The van der Waals surface area contributed by atoms with E-state index in [1.54, 1.807) is 12.7 Å². The SMILES string of the molecule is C=C1C(=CC=C2CCC[C@]3(C)C([C@@H](C)CC=CC(=NOC)C4CC4)=CC[C@@H]23)C[C@@H](O)C[C@@H]1O. The summed E-state index contributed by atoms with van der Waals surface area (Å²) in [5.74, 6) is 1.65. The van der Waals surface area contributed by atoms with Crippen LogP contribution in [-0.2, 0) is 4.84 Å². The number of aliphatic hydroxyl groups is 2. The third kappa shape index (κ3) is 5.27. The highest BCUT2D eigenvalue weighted by Gasteiger charge is 2.45. The highest BCUT2D eigenvalue weighted by Crippen LogP contribution is 2.57. The summed E-state index contributed by atoms with van der Waals surface area (Å²) in [7, 11) is 1.63. The van der Waals surface area contributed by atoms with E-state index in [1.807, 2.05) is 0 Å². The normalized spacial score (nSPS) is 36.4. The zero-order chi connectivity index (χ0) is 23.6. The van der Waals surface area contributed by atoms with Gasteiger partial charge in [0.2, 0.25) is 0 Å². The minimum absolute atomic E-state index is 0.221. The Bertz CT molecular complexity index is 904. The van der Waals surface area contributed by atoms with E-state index in [0.29, 0.717) is 30.6 Å². The molecular formula is C29H41NO3. The fourth-order valence-electron chi connectivity index (χ4n) is 6.33. The van der Waals surface area contributed by atoms with E-state index >= 15 is 0 Å². The number of fused-ring (bicyclic) bond motifs is 1. The van der Waals surface area contributed by atoms with Crippen LogP contribution in [0, 0.1) is 23.2 Å². The van der Waals surface area contributed by atoms with E-state index < -0.39 is 12.2 Å². The Morgan fingerprint density at radius 3 is 2.85 bits per heavy atom. The lowest BCUT2D eigenvalue weighted by atomic mass is 9.62. The van der Waals surface area contributed by atoms with E-state index in [2.05, 4.69) is 56.0 Å². The number of allylic oxidation sites excluding steroid dienone is 7. The molecular weight excluding hydrogens is 410 g/mol. The second-order valence-electron chi connectivity index (χ2n) is 10.8. The summed E-state index contributed by atoms with van der Waals surface area (Å²) in [4.78, 5) is 5.03. The van der Waals surface area contributed by atoms with Crippen molar-refractivity contribution in [2.24, 2.45) is 28.3 Å². The van der Waals surface area contributed by atoms with Gasteiger partial charge in [0.1, 0.15) is 7.11 Å². The van der Waals surface area contributed by atoms with Gasteiger partial charge in [0.15, 0.2) is 0 Å². The molecule has 33 heavy (non-hydrogen) atoms. The molecule has 0 amide bonds. The Morgan fingerprint density at radius 2 is 2.12 bits per heavy atom. The molecule has 4 rings (SSSR count). The molecule has 3 fully saturated rings. The van der Waals surface area contributed by atoms with Crippen molar-refractivity contribution in [1.82, 2.24) is 0 Å². The lowest BCUT2D eigenvalue weighted by molar-refractivity contribution is 0.0862. The molecule has 3 saturated carbocycles. The molecule has 0 saturated heterocycles. The molecule has 4 nitrogen and oxygen atoms in total. The maximum Gasteiger partial charge on any atom is 0.106 e. The number of rotatable bonds is 7. The summed E-state index contributed by atoms with van der Waals surface area (Å²) in [6, 6.07) is 0. The lowest BCUT2D eigenvalue weighted by Crippen LogP contribution is -2.32. The van der Waals surface area contributed by atoms with Gasteiger partial charge in [-0.3, -0.25) is 0 Å². The summed E-state index contributed by atoms with van der Waals surface area (Å²) in [6.45, 7) is 8.89. The van der Waals surface area contributed by atoms with Gasteiger partial charge in [0, 0.05) is 12.3 Å². The third-order valence-electron chi connectivity index (χ3n) is 8.38. The first-order chi connectivity index (χ1) is 15.8. The van der Waals surface area contributed by atoms with Crippen LogP contribution in [0.25, 0.3) is 0 Å². The monoisotopic (exact) mass is 451 g/mol. The zero-order valence-corrected chi connectivity index (χ0v) is 20.6. The van der Waals surface area contributed by atoms with Crippen molar-refractivity contribution in [1.29, 1.82) is 0 Å². The largest absolute Gasteiger partial charge is 0.399 e. The summed E-state index contributed by atoms with van der Waals surface area (Å²) in [5, 5.41) is 24.4. The number of aliphatic hydroxyl groups excluding tert-OH is 2. The highest BCUT2D eigenvalue weighted by atomic mass is 16.6. The van der Waals surface area contributed by atoms with Crippen molar-refractivity contribution in [2.45, 2.75) is 83.8 Å². The number of hydrogen-bond acceptors (Lipinski definition) is 4. The number of nitrogens with zero attached hydrogens (tertiary/aromatic N) is 1. The van der Waals surface area contributed by atoms with Gasteiger partial charge in [-0.25, -0.2) is 0 Å². The van der Waals surface area contributed by atoms with E-state index in [0.717, 1.165) is 36.1 Å². The van der Waals surface area contributed by atoms with Crippen molar-refractivity contribution >= 4 is 5.71 Å². The molecule has 180 valence electrons. The van der Waals surface area contributed by atoms with Gasteiger partial charge >= 0.3 is 0 Å². The maximum atomic E-state index is 10.2. The molecule has 4 aliphatic carbocycles. The summed E-state index contributed by atoms with van der Waals surface area (Å²) < 4.78 is 0. The molecule has 0 heterocycles. The second-order valence-corrected chi connectivity index (χ2v) is 10.8. The molecule has 0 unspecified atom stereocenters. The van der Waals surface area contributed by atoms with Gasteiger partial charge in [0.05, 0.1) is 17.9 Å². The van der Waals surface area contributed by atoms with Crippen LogP contribution >= 0.6 is 0 Å².